The smallest absolute Gasteiger partial charge is 0.336 e. The van der Waals surface area contributed by atoms with E-state index in [1.165, 1.54) is 18.2 Å². The second-order valence-electron chi connectivity index (χ2n) is 7.47. The van der Waals surface area contributed by atoms with Crippen LogP contribution in [-0.4, -0.2) is 5.97 Å². The van der Waals surface area contributed by atoms with Gasteiger partial charge in [-0.3, -0.25) is 4.79 Å². The number of carbonyl (C=O) groups is 1. The van der Waals surface area contributed by atoms with Crippen molar-refractivity contribution in [3.63, 3.8) is 0 Å². The van der Waals surface area contributed by atoms with Crippen molar-refractivity contribution in [3.05, 3.63) is 81.5 Å². The quantitative estimate of drug-likeness (QED) is 0.482. The van der Waals surface area contributed by atoms with Crippen molar-refractivity contribution in [1.82, 2.24) is 0 Å². The van der Waals surface area contributed by atoms with E-state index in [4.69, 9.17) is 9.15 Å². The molecule has 0 N–H and O–H groups in total. The van der Waals surface area contributed by atoms with Gasteiger partial charge in [0.05, 0.1) is 5.41 Å². The van der Waals surface area contributed by atoms with Crippen LogP contribution in [0.25, 0.3) is 11.0 Å². The zero-order valence-electron chi connectivity index (χ0n) is 15.7. The van der Waals surface area contributed by atoms with Gasteiger partial charge in [0.1, 0.15) is 18.0 Å². The van der Waals surface area contributed by atoms with Gasteiger partial charge in [0.15, 0.2) is 0 Å². The number of hydrogen-bond donors (Lipinski definition) is 0. The Balaban J connectivity index is 1.63. The van der Waals surface area contributed by atoms with E-state index < -0.39 is 11.0 Å². The first kappa shape index (κ1) is 18.4. The van der Waals surface area contributed by atoms with Crippen LogP contribution in [0, 0.1) is 12.7 Å². The average molecular weight is 380 g/mol. The van der Waals surface area contributed by atoms with E-state index in [0.717, 1.165) is 23.8 Å². The van der Waals surface area contributed by atoms with Crippen molar-refractivity contribution in [2.75, 3.05) is 0 Å². The Morgan fingerprint density at radius 1 is 1.14 bits per heavy atom. The summed E-state index contributed by atoms with van der Waals surface area (Å²) < 4.78 is 24.7. The number of halogens is 1. The van der Waals surface area contributed by atoms with Gasteiger partial charge >= 0.3 is 11.6 Å². The van der Waals surface area contributed by atoms with Gasteiger partial charge in [-0.05, 0) is 49.1 Å². The fourth-order valence-corrected chi connectivity index (χ4v) is 4.11. The minimum Gasteiger partial charge on any atom is -0.460 e. The number of ether oxygens (including phenoxy) is 1. The fourth-order valence-electron chi connectivity index (χ4n) is 4.11. The number of rotatable bonds is 4. The predicted molar refractivity (Wildman–Crippen MR) is 104 cm³/mol. The molecule has 3 aromatic rings. The summed E-state index contributed by atoms with van der Waals surface area (Å²) in [6.07, 6.45) is 3.05. The Hall–Kier alpha value is -2.95. The number of fused-ring (bicyclic) bond motifs is 1. The Labute approximate surface area is 161 Å². The molecule has 0 radical (unpaired) electrons. The molecule has 1 fully saturated rings. The topological polar surface area (TPSA) is 56.5 Å². The molecular weight excluding hydrogens is 359 g/mol. The van der Waals surface area contributed by atoms with Crippen molar-refractivity contribution in [2.24, 2.45) is 0 Å². The molecule has 0 unspecified atom stereocenters. The largest absolute Gasteiger partial charge is 0.460 e. The van der Waals surface area contributed by atoms with Gasteiger partial charge in [0.2, 0.25) is 0 Å². The molecule has 0 spiro atoms. The number of benzene rings is 2. The molecule has 4 rings (SSSR count). The molecular formula is C23H21FO4. The summed E-state index contributed by atoms with van der Waals surface area (Å²) in [5, 5.41) is 0.740. The van der Waals surface area contributed by atoms with Crippen LogP contribution in [0.3, 0.4) is 0 Å². The van der Waals surface area contributed by atoms with Gasteiger partial charge < -0.3 is 9.15 Å². The van der Waals surface area contributed by atoms with Crippen LogP contribution in [0.15, 0.2) is 57.7 Å². The Morgan fingerprint density at radius 2 is 1.93 bits per heavy atom. The van der Waals surface area contributed by atoms with Crippen LogP contribution < -0.4 is 5.63 Å². The van der Waals surface area contributed by atoms with Gasteiger partial charge in [0.25, 0.3) is 0 Å². The lowest BCUT2D eigenvalue weighted by Crippen LogP contribution is -2.34. The first-order valence-electron chi connectivity index (χ1n) is 9.45. The normalized spacial score (nSPS) is 15.6. The van der Waals surface area contributed by atoms with Gasteiger partial charge in [0, 0.05) is 17.0 Å². The van der Waals surface area contributed by atoms with Crippen LogP contribution >= 0.6 is 0 Å². The highest BCUT2D eigenvalue weighted by atomic mass is 19.1. The lowest BCUT2D eigenvalue weighted by Gasteiger charge is -2.27. The number of carbonyl (C=O) groups excluding carboxylic acids is 1. The van der Waals surface area contributed by atoms with Crippen molar-refractivity contribution in [3.8, 4) is 0 Å². The molecule has 0 amide bonds. The van der Waals surface area contributed by atoms with E-state index >= 15 is 0 Å². The molecule has 1 aromatic heterocycles. The Kier molecular flexibility index (Phi) is 4.75. The van der Waals surface area contributed by atoms with Crippen LogP contribution in [0.4, 0.5) is 4.39 Å². The van der Waals surface area contributed by atoms with Crippen molar-refractivity contribution >= 4 is 16.9 Å². The second-order valence-corrected chi connectivity index (χ2v) is 7.47. The monoisotopic (exact) mass is 380 g/mol. The maximum Gasteiger partial charge on any atom is 0.336 e. The van der Waals surface area contributed by atoms with Crippen LogP contribution in [0.1, 0.15) is 42.4 Å². The lowest BCUT2D eigenvalue weighted by atomic mass is 9.79. The SMILES string of the molecule is Cc1ccc2c(COC(=O)C3(c4cccc(F)c4)CCCC3)cc(=O)oc2c1. The summed E-state index contributed by atoms with van der Waals surface area (Å²) in [7, 11) is 0. The molecule has 144 valence electrons. The summed E-state index contributed by atoms with van der Waals surface area (Å²) in [5.41, 5.74) is 1.40. The first-order valence-corrected chi connectivity index (χ1v) is 9.45. The molecule has 0 aliphatic heterocycles. The minimum atomic E-state index is -0.825. The number of aryl methyl sites for hydroxylation is 1. The summed E-state index contributed by atoms with van der Waals surface area (Å²) >= 11 is 0. The van der Waals surface area contributed by atoms with Crippen molar-refractivity contribution in [2.45, 2.75) is 44.6 Å². The fraction of sp³-hybridized carbons (Fsp3) is 0.304. The third-order valence-corrected chi connectivity index (χ3v) is 5.57. The molecule has 2 aromatic carbocycles. The van der Waals surface area contributed by atoms with Gasteiger partial charge in [-0.25, -0.2) is 9.18 Å². The maximum absolute atomic E-state index is 13.8. The molecule has 1 aliphatic carbocycles. The van der Waals surface area contributed by atoms with E-state index in [0.29, 0.717) is 29.6 Å². The van der Waals surface area contributed by atoms with E-state index in [9.17, 15) is 14.0 Å². The first-order chi connectivity index (χ1) is 13.5. The highest BCUT2D eigenvalue weighted by Crippen LogP contribution is 2.42. The second kappa shape index (κ2) is 7.23. The molecule has 0 atom stereocenters. The van der Waals surface area contributed by atoms with E-state index in [1.807, 2.05) is 19.1 Å². The van der Waals surface area contributed by atoms with E-state index in [2.05, 4.69) is 0 Å². The summed E-state index contributed by atoms with van der Waals surface area (Å²) in [6.45, 7) is 1.88. The molecule has 1 heterocycles. The van der Waals surface area contributed by atoms with Gasteiger partial charge in [-0.15, -0.1) is 0 Å². The molecule has 1 saturated carbocycles. The zero-order valence-corrected chi connectivity index (χ0v) is 15.7. The predicted octanol–water partition coefficient (Wildman–Crippen LogP) is 4.80. The third-order valence-electron chi connectivity index (χ3n) is 5.57. The summed E-state index contributed by atoms with van der Waals surface area (Å²) in [4.78, 5) is 25.0. The van der Waals surface area contributed by atoms with Gasteiger partial charge in [-0.2, -0.15) is 0 Å². The van der Waals surface area contributed by atoms with Crippen LogP contribution in [0.5, 0.6) is 0 Å². The molecule has 5 heteroatoms. The number of hydrogen-bond acceptors (Lipinski definition) is 4. The van der Waals surface area contributed by atoms with E-state index in [-0.39, 0.29) is 18.4 Å². The Morgan fingerprint density at radius 3 is 2.68 bits per heavy atom. The minimum absolute atomic E-state index is 0.0267. The highest BCUT2D eigenvalue weighted by molar-refractivity contribution is 5.84. The van der Waals surface area contributed by atoms with Crippen LogP contribution in [0.2, 0.25) is 0 Å². The number of esters is 1. The van der Waals surface area contributed by atoms with E-state index in [1.54, 1.807) is 18.2 Å². The molecule has 28 heavy (non-hydrogen) atoms. The average Bonchev–Trinajstić information content (AvgIpc) is 3.16. The third kappa shape index (κ3) is 3.33. The zero-order chi connectivity index (χ0) is 19.7. The summed E-state index contributed by atoms with van der Waals surface area (Å²) in [5.74, 6) is -0.734. The summed E-state index contributed by atoms with van der Waals surface area (Å²) in [6, 6.07) is 13.1. The van der Waals surface area contributed by atoms with Gasteiger partial charge in [-0.1, -0.05) is 37.1 Å². The van der Waals surface area contributed by atoms with Crippen LogP contribution in [-0.2, 0) is 21.6 Å². The maximum atomic E-state index is 13.8. The molecule has 4 nitrogen and oxygen atoms in total. The highest BCUT2D eigenvalue weighted by Gasteiger charge is 2.44. The Bertz CT molecular complexity index is 1090. The molecule has 1 aliphatic rings. The lowest BCUT2D eigenvalue weighted by molar-refractivity contribution is -0.152. The standard InChI is InChI=1S/C23H21FO4/c1-15-7-8-19-16(12-21(25)28-20(19)11-15)14-27-22(26)23(9-2-3-10-23)17-5-4-6-18(24)13-17/h4-8,11-13H,2-3,9-10,14H2,1H3. The molecule has 0 saturated heterocycles. The van der Waals surface area contributed by atoms with Crippen molar-refractivity contribution in [1.29, 1.82) is 0 Å². The molecule has 0 bridgehead atoms. The van der Waals surface area contributed by atoms with Crippen molar-refractivity contribution < 1.29 is 18.3 Å².